The molecule has 0 atom stereocenters. The molecule has 1 aromatic carbocycles. The lowest BCUT2D eigenvalue weighted by molar-refractivity contribution is 0.0144. The topological polar surface area (TPSA) is 62.3 Å². The number of rotatable bonds is 3. The molecule has 0 radical (unpaired) electrons. The van der Waals surface area contributed by atoms with Crippen molar-refractivity contribution in [2.45, 2.75) is 46.3 Å². The molecule has 0 bridgehead atoms. The number of benzene rings is 1. The van der Waals surface area contributed by atoms with Gasteiger partial charge >= 0.3 is 12.1 Å². The van der Waals surface area contributed by atoms with Crippen molar-refractivity contribution in [3.63, 3.8) is 0 Å². The fourth-order valence-electron chi connectivity index (χ4n) is 2.53. The van der Waals surface area contributed by atoms with Gasteiger partial charge in [0.15, 0.2) is 0 Å². The molecule has 0 saturated carbocycles. The van der Waals surface area contributed by atoms with Crippen molar-refractivity contribution >= 4 is 17.8 Å². The van der Waals surface area contributed by atoms with Gasteiger partial charge in [0, 0.05) is 26.2 Å². The number of hydrogen-bond donors (Lipinski definition) is 0. The van der Waals surface area contributed by atoms with E-state index in [1.165, 1.54) is 5.06 Å². The first kappa shape index (κ1) is 20.0. The van der Waals surface area contributed by atoms with Crippen LogP contribution in [0.15, 0.2) is 30.3 Å². The lowest BCUT2D eigenvalue weighted by atomic mass is 10.2. The Morgan fingerprint density at radius 1 is 1.00 bits per heavy atom. The largest absolute Gasteiger partial charge is 0.444 e. The maximum atomic E-state index is 12.9. The van der Waals surface area contributed by atoms with Crippen LogP contribution >= 0.6 is 0 Å². The van der Waals surface area contributed by atoms with Crippen molar-refractivity contribution in [2.24, 2.45) is 0 Å². The van der Waals surface area contributed by atoms with E-state index in [1.807, 2.05) is 65.0 Å². The number of piperazine rings is 1. The normalized spacial score (nSPS) is 15.2. The maximum Gasteiger partial charge on any atom is 0.410 e. The predicted octanol–water partition coefficient (Wildman–Crippen LogP) is 3.51. The van der Waals surface area contributed by atoms with Gasteiger partial charge in [-0.05, 0) is 46.8 Å². The fraction of sp³-hybridized carbons (Fsp3) is 0.579. The molecular weight excluding hydrogens is 334 g/mol. The zero-order valence-corrected chi connectivity index (χ0v) is 16.3. The van der Waals surface area contributed by atoms with Crippen molar-refractivity contribution < 1.29 is 19.2 Å². The number of nitrogens with zero attached hydrogens (tertiary/aromatic N) is 3. The third kappa shape index (κ3) is 5.62. The number of hydroxylamine groups is 1. The molecule has 1 aliphatic rings. The van der Waals surface area contributed by atoms with Crippen LogP contribution in [0.25, 0.3) is 0 Å². The van der Waals surface area contributed by atoms with Crippen molar-refractivity contribution in [1.29, 1.82) is 0 Å². The molecule has 0 unspecified atom stereocenters. The second-order valence-electron chi connectivity index (χ2n) is 7.52. The summed E-state index contributed by atoms with van der Waals surface area (Å²) in [4.78, 5) is 34.1. The Morgan fingerprint density at radius 2 is 1.54 bits per heavy atom. The van der Waals surface area contributed by atoms with E-state index in [0.29, 0.717) is 31.9 Å². The highest BCUT2D eigenvalue weighted by Crippen LogP contribution is 2.19. The van der Waals surface area contributed by atoms with Gasteiger partial charge in [0.1, 0.15) is 5.60 Å². The van der Waals surface area contributed by atoms with Crippen LogP contribution in [0, 0.1) is 0 Å². The molecule has 0 aromatic heterocycles. The Hall–Kier alpha value is -2.28. The minimum atomic E-state index is -0.529. The summed E-state index contributed by atoms with van der Waals surface area (Å²) in [5.74, 6) is 0. The summed E-state index contributed by atoms with van der Waals surface area (Å²) in [6.07, 6.45) is -0.481. The van der Waals surface area contributed by atoms with Crippen LogP contribution in [0.5, 0.6) is 0 Å². The van der Waals surface area contributed by atoms with Crippen LogP contribution in [0.2, 0.25) is 0 Å². The maximum absolute atomic E-state index is 12.9. The molecule has 1 aromatic rings. The van der Waals surface area contributed by atoms with Crippen molar-refractivity contribution in [1.82, 2.24) is 9.80 Å². The number of urea groups is 1. The summed E-state index contributed by atoms with van der Waals surface area (Å²) in [5.41, 5.74) is 0.153. The first-order valence-electron chi connectivity index (χ1n) is 8.96. The molecule has 0 spiro atoms. The number of anilines is 1. The van der Waals surface area contributed by atoms with E-state index in [2.05, 4.69) is 0 Å². The van der Waals surface area contributed by atoms with Crippen LogP contribution in [-0.4, -0.2) is 59.8 Å². The number of carbonyl (C=O) groups is 2. The van der Waals surface area contributed by atoms with Crippen LogP contribution < -0.4 is 5.06 Å². The van der Waals surface area contributed by atoms with E-state index in [4.69, 9.17) is 9.57 Å². The fourth-order valence-corrected chi connectivity index (χ4v) is 2.53. The van der Waals surface area contributed by atoms with E-state index in [9.17, 15) is 9.59 Å². The number of carbonyl (C=O) groups excluding carboxylic acids is 2. The molecule has 1 heterocycles. The average Bonchev–Trinajstić information content (AvgIpc) is 2.58. The standard InChI is InChI=1S/C19H29N3O4/c1-15(2)26-22(16-9-7-6-8-10-16)17(23)20-11-13-21(14-12-20)18(24)25-19(3,4)5/h6-10,15H,11-14H2,1-5H3. The summed E-state index contributed by atoms with van der Waals surface area (Å²) in [6, 6.07) is 9.04. The minimum absolute atomic E-state index is 0.137. The second kappa shape index (κ2) is 8.40. The zero-order valence-electron chi connectivity index (χ0n) is 16.3. The van der Waals surface area contributed by atoms with Gasteiger partial charge < -0.3 is 14.5 Å². The monoisotopic (exact) mass is 363 g/mol. The SMILES string of the molecule is CC(C)ON(C(=O)N1CCN(C(=O)OC(C)(C)C)CC1)c1ccccc1. The molecule has 26 heavy (non-hydrogen) atoms. The molecule has 1 saturated heterocycles. The Bertz CT molecular complexity index is 605. The lowest BCUT2D eigenvalue weighted by Crippen LogP contribution is -2.55. The van der Waals surface area contributed by atoms with E-state index in [1.54, 1.807) is 9.80 Å². The van der Waals surface area contributed by atoms with Gasteiger partial charge in [-0.15, -0.1) is 0 Å². The van der Waals surface area contributed by atoms with Gasteiger partial charge in [0.25, 0.3) is 0 Å². The molecule has 7 heteroatoms. The van der Waals surface area contributed by atoms with Gasteiger partial charge in [-0.25, -0.2) is 9.59 Å². The Morgan fingerprint density at radius 3 is 2.04 bits per heavy atom. The van der Waals surface area contributed by atoms with Gasteiger partial charge in [-0.1, -0.05) is 18.2 Å². The summed E-state index contributed by atoms with van der Waals surface area (Å²) >= 11 is 0. The summed E-state index contributed by atoms with van der Waals surface area (Å²) < 4.78 is 5.39. The van der Waals surface area contributed by atoms with E-state index < -0.39 is 5.60 Å². The Balaban J connectivity index is 2.00. The highest BCUT2D eigenvalue weighted by molar-refractivity contribution is 5.90. The zero-order chi connectivity index (χ0) is 19.3. The van der Waals surface area contributed by atoms with Crippen LogP contribution in [0.1, 0.15) is 34.6 Å². The molecule has 1 aliphatic heterocycles. The molecule has 2 rings (SSSR count). The smallest absolute Gasteiger partial charge is 0.410 e. The van der Waals surface area contributed by atoms with Gasteiger partial charge in [0.05, 0.1) is 11.8 Å². The highest BCUT2D eigenvalue weighted by Gasteiger charge is 2.31. The van der Waals surface area contributed by atoms with Crippen molar-refractivity contribution in [2.75, 3.05) is 31.2 Å². The Kier molecular flexibility index (Phi) is 6.47. The van der Waals surface area contributed by atoms with E-state index in [0.717, 1.165) is 0 Å². The highest BCUT2D eigenvalue weighted by atomic mass is 16.7. The third-order valence-corrected chi connectivity index (χ3v) is 3.68. The van der Waals surface area contributed by atoms with Crippen LogP contribution in [0.4, 0.5) is 15.3 Å². The van der Waals surface area contributed by atoms with Gasteiger partial charge in [0.2, 0.25) is 0 Å². The van der Waals surface area contributed by atoms with E-state index >= 15 is 0 Å². The van der Waals surface area contributed by atoms with Crippen LogP contribution in [0.3, 0.4) is 0 Å². The summed E-state index contributed by atoms with van der Waals surface area (Å²) in [5, 5.41) is 1.33. The lowest BCUT2D eigenvalue weighted by Gasteiger charge is -2.37. The molecule has 3 amide bonds. The number of hydrogen-bond acceptors (Lipinski definition) is 4. The predicted molar refractivity (Wildman–Crippen MR) is 99.9 cm³/mol. The van der Waals surface area contributed by atoms with Crippen LogP contribution in [-0.2, 0) is 9.57 Å². The summed E-state index contributed by atoms with van der Waals surface area (Å²) in [7, 11) is 0. The van der Waals surface area contributed by atoms with E-state index in [-0.39, 0.29) is 18.2 Å². The molecule has 0 aliphatic carbocycles. The first-order chi connectivity index (χ1) is 12.2. The third-order valence-electron chi connectivity index (χ3n) is 3.68. The molecule has 144 valence electrons. The quantitative estimate of drug-likeness (QED) is 0.771. The molecular formula is C19H29N3O4. The second-order valence-corrected chi connectivity index (χ2v) is 7.52. The van der Waals surface area contributed by atoms with Gasteiger partial charge in [-0.3, -0.25) is 4.84 Å². The summed E-state index contributed by atoms with van der Waals surface area (Å²) in [6.45, 7) is 11.0. The molecule has 7 nitrogen and oxygen atoms in total. The first-order valence-corrected chi connectivity index (χ1v) is 8.96. The van der Waals surface area contributed by atoms with Crippen molar-refractivity contribution in [3.05, 3.63) is 30.3 Å². The van der Waals surface area contributed by atoms with Crippen molar-refractivity contribution in [3.8, 4) is 0 Å². The average molecular weight is 363 g/mol. The minimum Gasteiger partial charge on any atom is -0.444 e. The number of amides is 3. The van der Waals surface area contributed by atoms with Gasteiger partial charge in [-0.2, -0.15) is 5.06 Å². The molecule has 1 fully saturated rings. The molecule has 0 N–H and O–H groups in total. The number of ether oxygens (including phenoxy) is 1. The Labute approximate surface area is 155 Å². The number of para-hydroxylation sites is 1.